The third kappa shape index (κ3) is 4.62. The van der Waals surface area contributed by atoms with Crippen molar-refractivity contribution in [2.75, 3.05) is 11.8 Å². The third-order valence-corrected chi connectivity index (χ3v) is 5.32. The van der Waals surface area contributed by atoms with E-state index in [2.05, 4.69) is 9.46 Å². The molecule has 0 saturated carbocycles. The van der Waals surface area contributed by atoms with Crippen LogP contribution >= 0.6 is 11.6 Å². The lowest BCUT2D eigenvalue weighted by Gasteiger charge is -2.14. The van der Waals surface area contributed by atoms with Crippen LogP contribution in [0.15, 0.2) is 77.7 Å². The van der Waals surface area contributed by atoms with Gasteiger partial charge in [0.05, 0.1) is 23.3 Å². The molecule has 3 aromatic carbocycles. The van der Waals surface area contributed by atoms with E-state index in [1.807, 2.05) is 6.07 Å². The molecule has 0 aliphatic heterocycles. The second-order valence-corrected chi connectivity index (χ2v) is 7.80. The first-order chi connectivity index (χ1) is 13.4. The maximum absolute atomic E-state index is 12.8. The minimum absolute atomic E-state index is 0.0963. The molecular weight excluding hydrogens is 402 g/mol. The normalized spacial score (nSPS) is 10.9. The third-order valence-electron chi connectivity index (χ3n) is 3.72. The number of ether oxygens (including phenoxy) is 2. The van der Waals surface area contributed by atoms with Crippen molar-refractivity contribution >= 4 is 33.3 Å². The highest BCUT2D eigenvalue weighted by atomic mass is 35.5. The number of benzene rings is 3. The molecule has 144 valence electrons. The Balaban J connectivity index is 1.94. The molecule has 6 nitrogen and oxygen atoms in total. The molecule has 0 saturated heterocycles. The van der Waals surface area contributed by atoms with Crippen molar-refractivity contribution in [3.8, 4) is 11.5 Å². The Morgan fingerprint density at radius 3 is 2.43 bits per heavy atom. The van der Waals surface area contributed by atoms with Crippen LogP contribution in [0.5, 0.6) is 11.5 Å². The summed E-state index contributed by atoms with van der Waals surface area (Å²) >= 11 is 6.03. The Morgan fingerprint density at radius 2 is 1.71 bits per heavy atom. The predicted molar refractivity (Wildman–Crippen MR) is 107 cm³/mol. The number of methoxy groups -OCH3 is 1. The van der Waals surface area contributed by atoms with Crippen molar-refractivity contribution in [3.05, 3.63) is 83.4 Å². The smallest absolute Gasteiger partial charge is 0.337 e. The zero-order valence-corrected chi connectivity index (χ0v) is 16.3. The highest BCUT2D eigenvalue weighted by Crippen LogP contribution is 2.33. The maximum Gasteiger partial charge on any atom is 0.337 e. The number of para-hydroxylation sites is 1. The van der Waals surface area contributed by atoms with Crippen LogP contribution in [0.3, 0.4) is 0 Å². The second-order valence-electron chi connectivity index (χ2n) is 5.68. The molecule has 0 aromatic heterocycles. The lowest BCUT2D eigenvalue weighted by Crippen LogP contribution is -2.14. The predicted octanol–water partition coefficient (Wildman–Crippen LogP) is 4.72. The van der Waals surface area contributed by atoms with Gasteiger partial charge in [0.25, 0.3) is 10.0 Å². The molecule has 0 fully saturated rings. The number of hydrogen-bond donors (Lipinski definition) is 1. The SMILES string of the molecule is COC(=O)c1cccc(S(=O)(=O)Nc2cc(Cl)ccc2Oc2ccccc2)c1. The molecule has 0 spiro atoms. The summed E-state index contributed by atoms with van der Waals surface area (Å²) < 4.78 is 38.5. The average molecular weight is 418 g/mol. The van der Waals surface area contributed by atoms with Gasteiger partial charge in [0.15, 0.2) is 5.75 Å². The fourth-order valence-corrected chi connectivity index (χ4v) is 3.68. The molecular formula is C20H16ClNO5S. The monoisotopic (exact) mass is 417 g/mol. The van der Waals surface area contributed by atoms with Crippen LogP contribution in [0.25, 0.3) is 0 Å². The van der Waals surface area contributed by atoms with E-state index in [9.17, 15) is 13.2 Å². The molecule has 3 rings (SSSR count). The molecule has 0 aliphatic rings. The van der Waals surface area contributed by atoms with E-state index < -0.39 is 16.0 Å². The topological polar surface area (TPSA) is 81.7 Å². The number of carbonyl (C=O) groups is 1. The van der Waals surface area contributed by atoms with E-state index in [-0.39, 0.29) is 21.9 Å². The molecule has 0 unspecified atom stereocenters. The lowest BCUT2D eigenvalue weighted by molar-refractivity contribution is 0.0600. The summed E-state index contributed by atoms with van der Waals surface area (Å²) in [4.78, 5) is 11.6. The van der Waals surface area contributed by atoms with Crippen molar-refractivity contribution in [2.45, 2.75) is 4.90 Å². The Labute approximate surface area is 167 Å². The van der Waals surface area contributed by atoms with Crippen LogP contribution in [-0.2, 0) is 14.8 Å². The van der Waals surface area contributed by atoms with Gasteiger partial charge in [0.2, 0.25) is 0 Å². The summed E-state index contributed by atoms with van der Waals surface area (Å²) in [7, 11) is -2.78. The van der Waals surface area contributed by atoms with Gasteiger partial charge in [-0.25, -0.2) is 13.2 Å². The molecule has 0 radical (unpaired) electrons. The molecule has 0 bridgehead atoms. The fourth-order valence-electron chi connectivity index (χ4n) is 2.40. The molecule has 0 aliphatic carbocycles. The standard InChI is InChI=1S/C20H16ClNO5S/c1-26-20(23)14-6-5-9-17(12-14)28(24,25)22-18-13-15(21)10-11-19(18)27-16-7-3-2-4-8-16/h2-13,22H,1H3. The molecule has 0 amide bonds. The number of nitrogens with one attached hydrogen (secondary N) is 1. The molecule has 0 atom stereocenters. The van der Waals surface area contributed by atoms with Gasteiger partial charge in [0, 0.05) is 5.02 Å². The molecule has 3 aromatic rings. The number of hydrogen-bond acceptors (Lipinski definition) is 5. The number of sulfonamides is 1. The van der Waals surface area contributed by atoms with E-state index in [0.29, 0.717) is 10.8 Å². The summed E-state index contributed by atoms with van der Waals surface area (Å²) in [5.41, 5.74) is 0.289. The van der Waals surface area contributed by atoms with Crippen molar-refractivity contribution < 1.29 is 22.7 Å². The quantitative estimate of drug-likeness (QED) is 0.587. The van der Waals surface area contributed by atoms with Crippen LogP contribution in [0.4, 0.5) is 5.69 Å². The van der Waals surface area contributed by atoms with E-state index >= 15 is 0 Å². The highest BCUT2D eigenvalue weighted by Gasteiger charge is 2.19. The zero-order chi connectivity index (χ0) is 20.1. The van der Waals surface area contributed by atoms with Crippen LogP contribution < -0.4 is 9.46 Å². The van der Waals surface area contributed by atoms with Gasteiger partial charge in [-0.2, -0.15) is 0 Å². The Morgan fingerprint density at radius 1 is 0.964 bits per heavy atom. The summed E-state index contributed by atoms with van der Waals surface area (Å²) in [6.45, 7) is 0. The zero-order valence-electron chi connectivity index (χ0n) is 14.8. The van der Waals surface area contributed by atoms with Crippen LogP contribution in [0.2, 0.25) is 5.02 Å². The van der Waals surface area contributed by atoms with Gasteiger partial charge in [-0.1, -0.05) is 35.9 Å². The van der Waals surface area contributed by atoms with Gasteiger partial charge in [-0.3, -0.25) is 4.72 Å². The Bertz CT molecular complexity index is 1100. The first kappa shape index (κ1) is 19.7. The number of carbonyl (C=O) groups excluding carboxylic acids is 1. The molecule has 8 heteroatoms. The van der Waals surface area contributed by atoms with Gasteiger partial charge in [0.1, 0.15) is 5.75 Å². The minimum Gasteiger partial charge on any atom is -0.465 e. The van der Waals surface area contributed by atoms with E-state index in [1.54, 1.807) is 36.4 Å². The Hall–Kier alpha value is -3.03. The molecule has 1 N–H and O–H groups in total. The van der Waals surface area contributed by atoms with Crippen LogP contribution in [0.1, 0.15) is 10.4 Å². The summed E-state index contributed by atoms with van der Waals surface area (Å²) in [6.07, 6.45) is 0. The fraction of sp³-hybridized carbons (Fsp3) is 0.0500. The molecule has 0 heterocycles. The summed E-state index contributed by atoms with van der Waals surface area (Å²) in [6, 6.07) is 19.1. The van der Waals surface area contributed by atoms with E-state index in [4.69, 9.17) is 16.3 Å². The second kappa shape index (κ2) is 8.33. The van der Waals surface area contributed by atoms with Crippen molar-refractivity contribution in [3.63, 3.8) is 0 Å². The Kier molecular flexibility index (Phi) is 5.87. The van der Waals surface area contributed by atoms with Gasteiger partial charge < -0.3 is 9.47 Å². The van der Waals surface area contributed by atoms with Gasteiger partial charge in [-0.15, -0.1) is 0 Å². The first-order valence-electron chi connectivity index (χ1n) is 8.13. The van der Waals surface area contributed by atoms with Crippen LogP contribution in [0, 0.1) is 0 Å². The number of rotatable bonds is 6. The number of halogens is 1. The van der Waals surface area contributed by atoms with Crippen molar-refractivity contribution in [1.82, 2.24) is 0 Å². The summed E-state index contributed by atoms with van der Waals surface area (Å²) in [5.74, 6) is 0.189. The largest absolute Gasteiger partial charge is 0.465 e. The first-order valence-corrected chi connectivity index (χ1v) is 9.99. The maximum atomic E-state index is 12.8. The number of anilines is 1. The lowest BCUT2D eigenvalue weighted by atomic mass is 10.2. The minimum atomic E-state index is -4.01. The van der Waals surface area contributed by atoms with E-state index in [0.717, 1.165) is 0 Å². The van der Waals surface area contributed by atoms with Gasteiger partial charge in [-0.05, 0) is 48.5 Å². The van der Waals surface area contributed by atoms with Gasteiger partial charge >= 0.3 is 5.97 Å². The van der Waals surface area contributed by atoms with E-state index in [1.165, 1.54) is 37.4 Å². The van der Waals surface area contributed by atoms with Crippen molar-refractivity contribution in [1.29, 1.82) is 0 Å². The average Bonchev–Trinajstić information content (AvgIpc) is 2.70. The van der Waals surface area contributed by atoms with Crippen molar-refractivity contribution in [2.24, 2.45) is 0 Å². The number of esters is 1. The summed E-state index contributed by atoms with van der Waals surface area (Å²) in [5, 5.41) is 0.335. The highest BCUT2D eigenvalue weighted by molar-refractivity contribution is 7.92. The van der Waals surface area contributed by atoms with Crippen LogP contribution in [-0.4, -0.2) is 21.5 Å². The molecule has 28 heavy (non-hydrogen) atoms.